The van der Waals surface area contributed by atoms with Crippen LogP contribution in [0.1, 0.15) is 21.5 Å². The molecule has 0 unspecified atom stereocenters. The highest BCUT2D eigenvalue weighted by Gasteiger charge is 2.16. The number of halogens is 1. The Morgan fingerprint density at radius 2 is 1.88 bits per heavy atom. The minimum absolute atomic E-state index is 0.0170. The quantitative estimate of drug-likeness (QED) is 0.249. The van der Waals surface area contributed by atoms with E-state index in [1.165, 1.54) is 6.07 Å². The molecular formula is C23H20BrN3O4S. The molecule has 0 spiro atoms. The Balaban J connectivity index is 1.66. The lowest BCUT2D eigenvalue weighted by molar-refractivity contribution is -0.385. The summed E-state index contributed by atoms with van der Waals surface area (Å²) in [6.45, 7) is 2.05. The van der Waals surface area contributed by atoms with Gasteiger partial charge in [-0.05, 0) is 49.0 Å². The topological polar surface area (TPSA) is 93.5 Å². The van der Waals surface area contributed by atoms with E-state index in [1.807, 2.05) is 30.3 Å². The molecular weight excluding hydrogens is 494 g/mol. The van der Waals surface area contributed by atoms with Crippen molar-refractivity contribution >= 4 is 50.5 Å². The maximum absolute atomic E-state index is 12.8. The van der Waals surface area contributed by atoms with Crippen LogP contribution in [0.15, 0.2) is 71.2 Å². The van der Waals surface area contributed by atoms with Gasteiger partial charge in [-0.2, -0.15) is 0 Å². The van der Waals surface area contributed by atoms with Gasteiger partial charge in [0.2, 0.25) is 0 Å². The second-order valence-corrected chi connectivity index (χ2v) is 8.22. The summed E-state index contributed by atoms with van der Waals surface area (Å²) in [5.41, 5.74) is 2.34. The van der Waals surface area contributed by atoms with Crippen LogP contribution in [0, 0.1) is 17.0 Å². The number of carbonyl (C=O) groups is 1. The number of anilines is 1. The highest BCUT2D eigenvalue weighted by Crippen LogP contribution is 2.24. The molecule has 0 atom stereocenters. The van der Waals surface area contributed by atoms with Crippen molar-refractivity contribution in [1.82, 2.24) is 5.32 Å². The van der Waals surface area contributed by atoms with Crippen molar-refractivity contribution in [3.63, 3.8) is 0 Å². The number of rotatable bonds is 7. The number of nitrogens with zero attached hydrogens (tertiary/aromatic N) is 1. The molecule has 0 aliphatic heterocycles. The predicted octanol–water partition coefficient (Wildman–Crippen LogP) is 5.41. The summed E-state index contributed by atoms with van der Waals surface area (Å²) in [7, 11) is 0. The zero-order chi connectivity index (χ0) is 23.1. The third-order valence-corrected chi connectivity index (χ3v) is 5.27. The van der Waals surface area contributed by atoms with Crippen LogP contribution in [0.4, 0.5) is 11.4 Å². The van der Waals surface area contributed by atoms with Gasteiger partial charge >= 0.3 is 0 Å². The highest BCUT2D eigenvalue weighted by molar-refractivity contribution is 9.10. The molecule has 7 nitrogen and oxygen atoms in total. The van der Waals surface area contributed by atoms with Crippen molar-refractivity contribution in [1.29, 1.82) is 0 Å². The Morgan fingerprint density at radius 1 is 1.12 bits per heavy atom. The molecule has 164 valence electrons. The van der Waals surface area contributed by atoms with Crippen LogP contribution in [0.25, 0.3) is 0 Å². The first kappa shape index (κ1) is 23.4. The normalized spacial score (nSPS) is 10.3. The van der Waals surface area contributed by atoms with Crippen LogP contribution in [0.3, 0.4) is 0 Å². The Labute approximate surface area is 199 Å². The number of nitro groups is 1. The number of hydrogen-bond acceptors (Lipinski definition) is 5. The SMILES string of the molecule is Cc1ccc(NC(=S)NC(=O)c2cc(Br)ccc2OCCc2ccccc2)cc1[N+](=O)[O-]. The zero-order valence-corrected chi connectivity index (χ0v) is 19.5. The van der Waals surface area contributed by atoms with Crippen LogP contribution < -0.4 is 15.4 Å². The molecule has 0 heterocycles. The first-order valence-corrected chi connectivity index (χ1v) is 10.9. The monoisotopic (exact) mass is 513 g/mol. The third-order valence-electron chi connectivity index (χ3n) is 4.57. The summed E-state index contributed by atoms with van der Waals surface area (Å²) in [6.07, 6.45) is 0.699. The lowest BCUT2D eigenvalue weighted by atomic mass is 10.1. The summed E-state index contributed by atoms with van der Waals surface area (Å²) in [6, 6.07) is 19.7. The molecule has 0 aromatic heterocycles. The van der Waals surface area contributed by atoms with Gasteiger partial charge in [0.1, 0.15) is 5.75 Å². The molecule has 3 aromatic carbocycles. The minimum Gasteiger partial charge on any atom is -0.492 e. The number of thiocarbonyl (C=S) groups is 1. The van der Waals surface area contributed by atoms with Crippen LogP contribution >= 0.6 is 28.1 Å². The smallest absolute Gasteiger partial charge is 0.274 e. The highest BCUT2D eigenvalue weighted by atomic mass is 79.9. The first-order chi connectivity index (χ1) is 15.3. The summed E-state index contributed by atoms with van der Waals surface area (Å²) in [5, 5.41) is 16.5. The number of nitrogens with one attached hydrogen (secondary N) is 2. The van der Waals surface area contributed by atoms with E-state index in [9.17, 15) is 14.9 Å². The molecule has 0 saturated heterocycles. The average Bonchev–Trinajstić information content (AvgIpc) is 2.76. The number of benzene rings is 3. The molecule has 0 bridgehead atoms. The Morgan fingerprint density at radius 3 is 2.59 bits per heavy atom. The standard InChI is InChI=1S/C23H20BrN3O4S/c1-15-7-9-18(14-20(15)27(29)30)25-23(32)26-22(28)19-13-17(24)8-10-21(19)31-12-11-16-5-3-2-4-6-16/h2-10,13-14H,11-12H2,1H3,(H2,25,26,28,32). The number of ether oxygens (including phenoxy) is 1. The molecule has 3 aromatic rings. The molecule has 0 radical (unpaired) electrons. The lowest BCUT2D eigenvalue weighted by Crippen LogP contribution is -2.34. The van der Waals surface area contributed by atoms with E-state index in [4.69, 9.17) is 17.0 Å². The average molecular weight is 514 g/mol. The Hall–Kier alpha value is -3.30. The summed E-state index contributed by atoms with van der Waals surface area (Å²) < 4.78 is 6.57. The van der Waals surface area contributed by atoms with E-state index in [-0.39, 0.29) is 10.8 Å². The van der Waals surface area contributed by atoms with Gasteiger partial charge in [0, 0.05) is 28.2 Å². The van der Waals surface area contributed by atoms with Crippen molar-refractivity contribution in [2.75, 3.05) is 11.9 Å². The number of carbonyl (C=O) groups excluding carboxylic acids is 1. The molecule has 1 amide bonds. The number of aryl methyl sites for hydroxylation is 1. The van der Waals surface area contributed by atoms with Crippen molar-refractivity contribution in [3.8, 4) is 5.75 Å². The fourth-order valence-corrected chi connectivity index (χ4v) is 3.52. The molecule has 32 heavy (non-hydrogen) atoms. The van der Waals surface area contributed by atoms with Crippen LogP contribution in [-0.2, 0) is 6.42 Å². The molecule has 0 saturated carbocycles. The predicted molar refractivity (Wildman–Crippen MR) is 131 cm³/mol. The maximum Gasteiger partial charge on any atom is 0.274 e. The van der Waals surface area contributed by atoms with Crippen LogP contribution in [-0.4, -0.2) is 22.5 Å². The van der Waals surface area contributed by atoms with Gasteiger partial charge in [0.05, 0.1) is 17.1 Å². The molecule has 0 aliphatic carbocycles. The molecule has 9 heteroatoms. The minimum atomic E-state index is -0.470. The van der Waals surface area contributed by atoms with E-state index in [0.717, 1.165) is 5.56 Å². The van der Waals surface area contributed by atoms with Gasteiger partial charge in [-0.3, -0.25) is 20.2 Å². The second-order valence-electron chi connectivity index (χ2n) is 6.89. The number of nitro benzene ring substituents is 1. The molecule has 3 rings (SSSR count). The molecule has 0 aliphatic rings. The van der Waals surface area contributed by atoms with E-state index >= 15 is 0 Å². The van der Waals surface area contributed by atoms with Gasteiger partial charge in [-0.1, -0.05) is 52.3 Å². The lowest BCUT2D eigenvalue weighted by Gasteiger charge is -2.14. The van der Waals surface area contributed by atoms with E-state index < -0.39 is 10.8 Å². The van der Waals surface area contributed by atoms with Gasteiger partial charge in [0.25, 0.3) is 11.6 Å². The summed E-state index contributed by atoms with van der Waals surface area (Å²) in [4.78, 5) is 23.5. The third kappa shape index (κ3) is 6.35. The van der Waals surface area contributed by atoms with Gasteiger partial charge in [-0.25, -0.2) is 0 Å². The fourth-order valence-electron chi connectivity index (χ4n) is 2.95. The molecule has 2 N–H and O–H groups in total. The second kappa shape index (κ2) is 10.8. The van der Waals surface area contributed by atoms with Gasteiger partial charge in [0.15, 0.2) is 5.11 Å². The first-order valence-electron chi connectivity index (χ1n) is 9.67. The van der Waals surface area contributed by atoms with E-state index in [2.05, 4.69) is 26.6 Å². The largest absolute Gasteiger partial charge is 0.492 e. The van der Waals surface area contributed by atoms with Crippen molar-refractivity contribution < 1.29 is 14.5 Å². The number of amides is 1. The van der Waals surface area contributed by atoms with Crippen molar-refractivity contribution in [3.05, 3.63) is 98.0 Å². The fraction of sp³-hybridized carbons (Fsp3) is 0.130. The van der Waals surface area contributed by atoms with Crippen molar-refractivity contribution in [2.24, 2.45) is 0 Å². The van der Waals surface area contributed by atoms with Gasteiger partial charge in [-0.15, -0.1) is 0 Å². The number of hydrogen-bond donors (Lipinski definition) is 2. The van der Waals surface area contributed by atoms with Crippen molar-refractivity contribution in [2.45, 2.75) is 13.3 Å². The Kier molecular flexibility index (Phi) is 7.91. The Bertz CT molecular complexity index is 1160. The van der Waals surface area contributed by atoms with Crippen LogP contribution in [0.2, 0.25) is 0 Å². The van der Waals surface area contributed by atoms with Gasteiger partial charge < -0.3 is 10.1 Å². The molecule has 0 fully saturated rings. The maximum atomic E-state index is 12.8. The summed E-state index contributed by atoms with van der Waals surface area (Å²) >= 11 is 8.59. The van der Waals surface area contributed by atoms with E-state index in [0.29, 0.717) is 40.1 Å². The van der Waals surface area contributed by atoms with E-state index in [1.54, 1.807) is 37.3 Å². The summed E-state index contributed by atoms with van der Waals surface area (Å²) in [5.74, 6) is -0.0319. The van der Waals surface area contributed by atoms with Crippen LogP contribution in [0.5, 0.6) is 5.75 Å². The zero-order valence-electron chi connectivity index (χ0n) is 17.1.